The minimum absolute atomic E-state index is 0.195. The Kier molecular flexibility index (Phi) is 4.98. The molecule has 5 heteroatoms. The number of rotatable bonds is 3. The standard InChI is InChI=1S/C9H18N2OS2/c1-2-8(9(10)13)11-4-3-6-14(12)7-5-11/h8H,2-7H2,1H3,(H2,10,13). The zero-order valence-corrected chi connectivity index (χ0v) is 10.2. The summed E-state index contributed by atoms with van der Waals surface area (Å²) in [6.07, 6.45) is 1.94. The normalized spacial score (nSPS) is 26.8. The Morgan fingerprint density at radius 2 is 2.29 bits per heavy atom. The molecule has 0 radical (unpaired) electrons. The predicted molar refractivity (Wildman–Crippen MR) is 64.9 cm³/mol. The second-order valence-corrected chi connectivity index (χ2v) is 5.73. The molecule has 1 fully saturated rings. The van der Waals surface area contributed by atoms with E-state index in [1.54, 1.807) is 0 Å². The van der Waals surface area contributed by atoms with Crippen molar-refractivity contribution in [1.29, 1.82) is 0 Å². The Balaban J connectivity index is 2.57. The summed E-state index contributed by atoms with van der Waals surface area (Å²) < 4.78 is 11.3. The Hall–Kier alpha value is -0.0000000000000000555. The first kappa shape index (κ1) is 12.1. The SMILES string of the molecule is CCC(C(N)=S)N1CCCS(=O)CC1. The monoisotopic (exact) mass is 234 g/mol. The van der Waals surface area contributed by atoms with E-state index in [1.165, 1.54) is 0 Å². The molecule has 0 bridgehead atoms. The van der Waals surface area contributed by atoms with Crippen molar-refractivity contribution in [3.63, 3.8) is 0 Å². The molecule has 2 N–H and O–H groups in total. The molecule has 2 atom stereocenters. The average molecular weight is 234 g/mol. The Morgan fingerprint density at radius 3 is 2.86 bits per heavy atom. The lowest BCUT2D eigenvalue weighted by molar-refractivity contribution is 0.256. The van der Waals surface area contributed by atoms with Gasteiger partial charge in [0.2, 0.25) is 0 Å². The van der Waals surface area contributed by atoms with Gasteiger partial charge in [0.15, 0.2) is 0 Å². The van der Waals surface area contributed by atoms with Gasteiger partial charge < -0.3 is 5.73 Å². The van der Waals surface area contributed by atoms with Crippen LogP contribution >= 0.6 is 12.2 Å². The van der Waals surface area contributed by atoms with E-state index in [2.05, 4.69) is 11.8 Å². The predicted octanol–water partition coefficient (Wildman–Crippen LogP) is 0.506. The van der Waals surface area contributed by atoms with Crippen LogP contribution in [0.3, 0.4) is 0 Å². The molecule has 0 spiro atoms. The first-order valence-electron chi connectivity index (χ1n) is 5.03. The highest BCUT2D eigenvalue weighted by Gasteiger charge is 2.21. The maximum Gasteiger partial charge on any atom is 0.0901 e. The fraction of sp³-hybridized carbons (Fsp3) is 0.889. The number of nitrogens with two attached hydrogens (primary N) is 1. The molecule has 0 aromatic rings. The van der Waals surface area contributed by atoms with Crippen molar-refractivity contribution in [2.45, 2.75) is 25.8 Å². The zero-order valence-electron chi connectivity index (χ0n) is 8.57. The third kappa shape index (κ3) is 3.29. The Morgan fingerprint density at radius 1 is 1.57 bits per heavy atom. The van der Waals surface area contributed by atoms with E-state index < -0.39 is 10.8 Å². The highest BCUT2D eigenvalue weighted by Crippen LogP contribution is 2.09. The molecule has 82 valence electrons. The van der Waals surface area contributed by atoms with Crippen LogP contribution in [-0.2, 0) is 10.8 Å². The lowest BCUT2D eigenvalue weighted by atomic mass is 10.2. The van der Waals surface area contributed by atoms with Gasteiger partial charge >= 0.3 is 0 Å². The first-order chi connectivity index (χ1) is 6.65. The van der Waals surface area contributed by atoms with Gasteiger partial charge in [0, 0.05) is 28.9 Å². The van der Waals surface area contributed by atoms with E-state index in [1.807, 2.05) is 0 Å². The molecule has 0 aliphatic carbocycles. The van der Waals surface area contributed by atoms with E-state index in [9.17, 15) is 4.21 Å². The van der Waals surface area contributed by atoms with Crippen molar-refractivity contribution in [3.8, 4) is 0 Å². The molecule has 1 heterocycles. The minimum Gasteiger partial charge on any atom is -0.392 e. The topological polar surface area (TPSA) is 46.3 Å². The minimum atomic E-state index is -0.636. The van der Waals surface area contributed by atoms with Gasteiger partial charge in [-0.15, -0.1) is 0 Å². The third-order valence-corrected chi connectivity index (χ3v) is 4.23. The van der Waals surface area contributed by atoms with Gasteiger partial charge in [0.25, 0.3) is 0 Å². The van der Waals surface area contributed by atoms with E-state index in [0.29, 0.717) is 4.99 Å². The van der Waals surface area contributed by atoms with Crippen LogP contribution in [0.5, 0.6) is 0 Å². The van der Waals surface area contributed by atoms with Crippen LogP contribution in [0.25, 0.3) is 0 Å². The van der Waals surface area contributed by atoms with Gasteiger partial charge in [-0.05, 0) is 19.4 Å². The largest absolute Gasteiger partial charge is 0.392 e. The Labute approximate surface area is 93.5 Å². The van der Waals surface area contributed by atoms with Gasteiger partial charge in [-0.25, -0.2) is 0 Å². The molecular formula is C9H18N2OS2. The van der Waals surface area contributed by atoms with Gasteiger partial charge in [0.1, 0.15) is 0 Å². The summed E-state index contributed by atoms with van der Waals surface area (Å²) in [6.45, 7) is 3.93. The van der Waals surface area contributed by atoms with E-state index >= 15 is 0 Å². The molecule has 3 nitrogen and oxygen atoms in total. The Bertz CT molecular complexity index is 233. The highest BCUT2D eigenvalue weighted by molar-refractivity contribution is 7.85. The highest BCUT2D eigenvalue weighted by atomic mass is 32.2. The van der Waals surface area contributed by atoms with Crippen LogP contribution in [0.15, 0.2) is 0 Å². The molecule has 1 saturated heterocycles. The maximum atomic E-state index is 11.3. The van der Waals surface area contributed by atoms with Crippen molar-refractivity contribution < 1.29 is 4.21 Å². The van der Waals surface area contributed by atoms with Crippen LogP contribution in [0, 0.1) is 0 Å². The summed E-state index contributed by atoms with van der Waals surface area (Å²) in [6, 6.07) is 0.195. The van der Waals surface area contributed by atoms with Crippen molar-refractivity contribution in [2.24, 2.45) is 5.73 Å². The second kappa shape index (κ2) is 5.78. The zero-order chi connectivity index (χ0) is 10.6. The first-order valence-corrected chi connectivity index (χ1v) is 6.93. The quantitative estimate of drug-likeness (QED) is 0.723. The summed E-state index contributed by atoms with van der Waals surface area (Å²) in [5.41, 5.74) is 5.68. The van der Waals surface area contributed by atoms with Crippen molar-refractivity contribution in [1.82, 2.24) is 4.90 Å². The molecule has 2 unspecified atom stereocenters. The maximum absolute atomic E-state index is 11.3. The third-order valence-electron chi connectivity index (χ3n) is 2.58. The number of hydrogen-bond donors (Lipinski definition) is 1. The lowest BCUT2D eigenvalue weighted by Gasteiger charge is -2.28. The molecule has 0 amide bonds. The van der Waals surface area contributed by atoms with Crippen molar-refractivity contribution in [2.75, 3.05) is 24.6 Å². The number of thiocarbonyl (C=S) groups is 1. The lowest BCUT2D eigenvalue weighted by Crippen LogP contribution is -2.44. The van der Waals surface area contributed by atoms with Gasteiger partial charge in [-0.2, -0.15) is 0 Å². The molecule has 1 aliphatic rings. The molecule has 0 aromatic heterocycles. The van der Waals surface area contributed by atoms with Crippen LogP contribution in [-0.4, -0.2) is 44.7 Å². The second-order valence-electron chi connectivity index (χ2n) is 3.56. The van der Waals surface area contributed by atoms with Gasteiger partial charge in [-0.1, -0.05) is 19.1 Å². The van der Waals surface area contributed by atoms with Crippen LogP contribution < -0.4 is 5.73 Å². The summed E-state index contributed by atoms with van der Waals surface area (Å²) in [5, 5.41) is 0. The van der Waals surface area contributed by atoms with Crippen molar-refractivity contribution >= 4 is 28.0 Å². The summed E-state index contributed by atoms with van der Waals surface area (Å²) in [7, 11) is -0.636. The van der Waals surface area contributed by atoms with E-state index in [4.69, 9.17) is 18.0 Å². The number of hydrogen-bond acceptors (Lipinski definition) is 3. The molecule has 0 aromatic carbocycles. The fourth-order valence-corrected chi connectivity index (χ4v) is 3.22. The summed E-state index contributed by atoms with van der Waals surface area (Å²) >= 11 is 5.03. The smallest absolute Gasteiger partial charge is 0.0901 e. The number of nitrogens with zero attached hydrogens (tertiary/aromatic N) is 1. The molecular weight excluding hydrogens is 216 g/mol. The molecule has 1 aliphatic heterocycles. The summed E-state index contributed by atoms with van der Waals surface area (Å²) in [4.78, 5) is 2.84. The molecule has 1 rings (SSSR count). The van der Waals surface area contributed by atoms with Crippen LogP contribution in [0.2, 0.25) is 0 Å². The average Bonchev–Trinajstić information content (AvgIpc) is 2.32. The van der Waals surface area contributed by atoms with Crippen LogP contribution in [0.1, 0.15) is 19.8 Å². The summed E-state index contributed by atoms with van der Waals surface area (Å²) in [5.74, 6) is 1.59. The van der Waals surface area contributed by atoms with Crippen molar-refractivity contribution in [3.05, 3.63) is 0 Å². The molecule has 14 heavy (non-hydrogen) atoms. The van der Waals surface area contributed by atoms with Gasteiger partial charge in [-0.3, -0.25) is 9.11 Å². The molecule has 0 saturated carbocycles. The fourth-order valence-electron chi connectivity index (χ4n) is 1.81. The van der Waals surface area contributed by atoms with Gasteiger partial charge in [0.05, 0.1) is 11.0 Å². The van der Waals surface area contributed by atoms with E-state index in [0.717, 1.165) is 37.4 Å². The van der Waals surface area contributed by atoms with E-state index in [-0.39, 0.29) is 6.04 Å². The van der Waals surface area contributed by atoms with Crippen LogP contribution in [0.4, 0.5) is 0 Å².